The Hall–Kier alpha value is -1.20. The van der Waals surface area contributed by atoms with Crippen molar-refractivity contribution in [3.05, 3.63) is 57.3 Å². The lowest BCUT2D eigenvalue weighted by Crippen LogP contribution is -2.03. The van der Waals surface area contributed by atoms with Gasteiger partial charge in [0.25, 0.3) is 0 Å². The summed E-state index contributed by atoms with van der Waals surface area (Å²) in [5.74, 6) is -0.949. The number of nitrogens with zero attached hydrogens (tertiary/aromatic N) is 1. The van der Waals surface area contributed by atoms with Crippen LogP contribution in [0.4, 0.5) is 14.5 Å². The van der Waals surface area contributed by atoms with Crippen LogP contribution in [0.2, 0.25) is 5.15 Å². The number of hydrogen-bond acceptors (Lipinski definition) is 2. The van der Waals surface area contributed by atoms with E-state index < -0.39 is 11.6 Å². The molecule has 6 heteroatoms. The molecule has 1 N–H and O–H groups in total. The molecule has 0 atom stereocenters. The van der Waals surface area contributed by atoms with Gasteiger partial charge in [0, 0.05) is 22.8 Å². The van der Waals surface area contributed by atoms with Crippen molar-refractivity contribution in [1.82, 2.24) is 4.98 Å². The molecule has 2 rings (SSSR count). The Bertz CT molecular complexity index is 526. The van der Waals surface area contributed by atoms with Gasteiger partial charge in [-0.05, 0) is 40.2 Å². The van der Waals surface area contributed by atoms with Crippen LogP contribution in [0.25, 0.3) is 0 Å². The summed E-state index contributed by atoms with van der Waals surface area (Å²) >= 11 is 9.12. The third-order valence-corrected chi connectivity index (χ3v) is 3.02. The lowest BCUT2D eigenvalue weighted by atomic mass is 10.2. The molecule has 2 aromatic rings. The lowest BCUT2D eigenvalue weighted by molar-refractivity contribution is 0.587. The molecule has 1 heterocycles. The van der Waals surface area contributed by atoms with Gasteiger partial charge >= 0.3 is 0 Å². The molecule has 1 aromatic carbocycles. The van der Waals surface area contributed by atoms with E-state index in [0.717, 1.165) is 22.7 Å². The minimum atomic E-state index is -0.480. The van der Waals surface area contributed by atoms with E-state index in [0.29, 0.717) is 5.69 Å². The number of halogens is 4. The van der Waals surface area contributed by atoms with Gasteiger partial charge in [-0.25, -0.2) is 13.8 Å². The molecule has 1 aromatic heterocycles. The van der Waals surface area contributed by atoms with Crippen LogP contribution in [0.3, 0.4) is 0 Å². The van der Waals surface area contributed by atoms with E-state index in [1.807, 2.05) is 0 Å². The number of aromatic nitrogens is 1. The Labute approximate surface area is 116 Å². The average Bonchev–Trinajstić information content (AvgIpc) is 2.34. The van der Waals surface area contributed by atoms with Gasteiger partial charge in [-0.15, -0.1) is 0 Å². The second-order valence-corrected chi connectivity index (χ2v) is 4.85. The fraction of sp³-hybridized carbons (Fsp3) is 0.0833. The van der Waals surface area contributed by atoms with E-state index in [1.54, 1.807) is 12.3 Å². The predicted molar refractivity (Wildman–Crippen MR) is 70.6 cm³/mol. The molecule has 0 saturated carbocycles. The highest BCUT2D eigenvalue weighted by molar-refractivity contribution is 9.10. The number of benzene rings is 1. The first-order valence-corrected chi connectivity index (χ1v) is 6.22. The summed E-state index contributed by atoms with van der Waals surface area (Å²) < 4.78 is 27.1. The Morgan fingerprint density at radius 2 is 2.06 bits per heavy atom. The van der Waals surface area contributed by atoms with Crippen LogP contribution in [0.15, 0.2) is 34.9 Å². The fourth-order valence-corrected chi connectivity index (χ4v) is 1.92. The van der Waals surface area contributed by atoms with Crippen molar-refractivity contribution < 1.29 is 8.78 Å². The van der Waals surface area contributed by atoms with Crippen LogP contribution >= 0.6 is 27.5 Å². The molecule has 0 fully saturated rings. The fourth-order valence-electron chi connectivity index (χ4n) is 1.42. The maximum absolute atomic E-state index is 13.4. The number of anilines is 1. The number of nitrogens with one attached hydrogen (secondary N) is 1. The van der Waals surface area contributed by atoms with Crippen LogP contribution in [0.5, 0.6) is 0 Å². The number of rotatable bonds is 3. The summed E-state index contributed by atoms with van der Waals surface area (Å²) in [5.41, 5.74) is 0.778. The molecule has 94 valence electrons. The molecule has 2 nitrogen and oxygen atoms in total. The summed E-state index contributed by atoms with van der Waals surface area (Å²) in [5, 5.41) is 3.18. The number of hydrogen-bond donors (Lipinski definition) is 1. The van der Waals surface area contributed by atoms with E-state index in [4.69, 9.17) is 11.6 Å². The highest BCUT2D eigenvalue weighted by atomic mass is 79.9. The SMILES string of the molecule is Fc1ccc(F)c(CNc2cc(Br)cnc2Cl)c1. The van der Waals surface area contributed by atoms with Gasteiger partial charge in [0.15, 0.2) is 5.15 Å². The third kappa shape index (κ3) is 3.17. The maximum atomic E-state index is 13.4. The Balaban J connectivity index is 2.16. The molecular weight excluding hydrogens is 325 g/mol. The molecule has 0 aliphatic rings. The van der Waals surface area contributed by atoms with Crippen molar-refractivity contribution in [2.45, 2.75) is 6.54 Å². The van der Waals surface area contributed by atoms with Crippen LogP contribution in [-0.4, -0.2) is 4.98 Å². The van der Waals surface area contributed by atoms with E-state index in [1.165, 1.54) is 0 Å². The van der Waals surface area contributed by atoms with E-state index in [2.05, 4.69) is 26.2 Å². The smallest absolute Gasteiger partial charge is 0.152 e. The van der Waals surface area contributed by atoms with Gasteiger partial charge in [0.1, 0.15) is 11.6 Å². The third-order valence-electron chi connectivity index (χ3n) is 2.28. The minimum Gasteiger partial charge on any atom is -0.378 e. The van der Waals surface area contributed by atoms with Crippen molar-refractivity contribution in [2.24, 2.45) is 0 Å². The van der Waals surface area contributed by atoms with Gasteiger partial charge in [0.2, 0.25) is 0 Å². The predicted octanol–water partition coefficient (Wildman–Crippen LogP) is 4.39. The Kier molecular flexibility index (Phi) is 4.14. The molecule has 0 spiro atoms. The monoisotopic (exact) mass is 332 g/mol. The van der Waals surface area contributed by atoms with Crippen LogP contribution < -0.4 is 5.32 Å². The van der Waals surface area contributed by atoms with Crippen LogP contribution in [0, 0.1) is 11.6 Å². The second-order valence-electron chi connectivity index (χ2n) is 3.58. The van der Waals surface area contributed by atoms with Crippen molar-refractivity contribution in [3.8, 4) is 0 Å². The normalized spacial score (nSPS) is 10.4. The van der Waals surface area contributed by atoms with Gasteiger partial charge in [-0.2, -0.15) is 0 Å². The summed E-state index contributed by atoms with van der Waals surface area (Å²) in [6.45, 7) is 0.126. The zero-order valence-electron chi connectivity index (χ0n) is 9.05. The first-order chi connectivity index (χ1) is 8.56. The maximum Gasteiger partial charge on any atom is 0.152 e. The van der Waals surface area contributed by atoms with Crippen molar-refractivity contribution in [1.29, 1.82) is 0 Å². The van der Waals surface area contributed by atoms with E-state index in [-0.39, 0.29) is 17.3 Å². The van der Waals surface area contributed by atoms with Gasteiger partial charge < -0.3 is 5.32 Å². The molecule has 0 unspecified atom stereocenters. The summed E-state index contributed by atoms with van der Waals surface area (Å²) in [7, 11) is 0. The van der Waals surface area contributed by atoms with Crippen molar-refractivity contribution >= 4 is 33.2 Å². The van der Waals surface area contributed by atoms with Crippen molar-refractivity contribution in [3.63, 3.8) is 0 Å². The van der Waals surface area contributed by atoms with Gasteiger partial charge in [-0.3, -0.25) is 0 Å². The molecule has 0 saturated heterocycles. The summed E-state index contributed by atoms with van der Waals surface area (Å²) in [6.07, 6.45) is 1.55. The van der Waals surface area contributed by atoms with Gasteiger partial charge in [-0.1, -0.05) is 11.6 Å². The summed E-state index contributed by atoms with van der Waals surface area (Å²) in [4.78, 5) is 3.92. The topological polar surface area (TPSA) is 24.9 Å². The molecule has 0 radical (unpaired) electrons. The zero-order chi connectivity index (χ0) is 13.1. The standard InChI is InChI=1S/C12H8BrClF2N2/c13-8-4-11(12(14)18-6-8)17-5-7-3-9(15)1-2-10(7)16/h1-4,6,17H,5H2. The van der Waals surface area contributed by atoms with E-state index in [9.17, 15) is 8.78 Å². The van der Waals surface area contributed by atoms with Crippen LogP contribution in [-0.2, 0) is 6.54 Å². The quantitative estimate of drug-likeness (QED) is 0.843. The molecular formula is C12H8BrClF2N2. The zero-order valence-corrected chi connectivity index (χ0v) is 11.4. The largest absolute Gasteiger partial charge is 0.378 e. The summed E-state index contributed by atoms with van der Waals surface area (Å²) in [6, 6.07) is 5.02. The first-order valence-electron chi connectivity index (χ1n) is 5.05. The average molecular weight is 334 g/mol. The molecule has 0 aliphatic heterocycles. The number of pyridine rings is 1. The van der Waals surface area contributed by atoms with Gasteiger partial charge in [0.05, 0.1) is 5.69 Å². The highest BCUT2D eigenvalue weighted by Crippen LogP contribution is 2.23. The van der Waals surface area contributed by atoms with E-state index >= 15 is 0 Å². The first kappa shape index (κ1) is 13.2. The van der Waals surface area contributed by atoms with Crippen molar-refractivity contribution in [2.75, 3.05) is 5.32 Å². The minimum absolute atomic E-state index is 0.126. The Morgan fingerprint density at radius 3 is 2.83 bits per heavy atom. The molecule has 0 amide bonds. The lowest BCUT2D eigenvalue weighted by Gasteiger charge is -2.09. The molecule has 0 bridgehead atoms. The Morgan fingerprint density at radius 1 is 1.28 bits per heavy atom. The van der Waals surface area contributed by atoms with Crippen LogP contribution in [0.1, 0.15) is 5.56 Å². The molecule has 0 aliphatic carbocycles. The highest BCUT2D eigenvalue weighted by Gasteiger charge is 2.06. The molecule has 18 heavy (non-hydrogen) atoms. The second kappa shape index (κ2) is 5.63.